The Labute approximate surface area is 106 Å². The summed E-state index contributed by atoms with van der Waals surface area (Å²) in [5.74, 6) is -0.0711. The van der Waals surface area contributed by atoms with Crippen molar-refractivity contribution in [3.63, 3.8) is 0 Å². The topological polar surface area (TPSA) is 55.1 Å². The van der Waals surface area contributed by atoms with E-state index in [9.17, 15) is 4.79 Å². The number of benzene rings is 1. The van der Waals surface area contributed by atoms with Crippen molar-refractivity contribution in [2.75, 3.05) is 5.32 Å². The largest absolute Gasteiger partial charge is 0.392 e. The fraction of sp³-hybridized carbons (Fsp3) is 0.385. The lowest BCUT2D eigenvalue weighted by atomic mass is 10.1. The maximum atomic E-state index is 12.1. The predicted molar refractivity (Wildman–Crippen MR) is 72.9 cm³/mol. The van der Waals surface area contributed by atoms with Crippen molar-refractivity contribution in [1.29, 1.82) is 0 Å². The van der Waals surface area contributed by atoms with Gasteiger partial charge in [0, 0.05) is 5.69 Å². The third kappa shape index (κ3) is 2.31. The summed E-state index contributed by atoms with van der Waals surface area (Å²) in [6.07, 6.45) is 2.48. The zero-order chi connectivity index (χ0) is 12.5. The van der Waals surface area contributed by atoms with Gasteiger partial charge in [0.1, 0.15) is 0 Å². The minimum atomic E-state index is -0.586. The monoisotopic (exact) mass is 248 g/mol. The zero-order valence-electron chi connectivity index (χ0n) is 9.82. The summed E-state index contributed by atoms with van der Waals surface area (Å²) in [6.45, 7) is 2.08. The number of aryl methyl sites for hydroxylation is 1. The summed E-state index contributed by atoms with van der Waals surface area (Å²) in [5, 5.41) is 2.89. The highest BCUT2D eigenvalue weighted by molar-refractivity contribution is 7.80. The number of carbonyl (C=O) groups is 1. The van der Waals surface area contributed by atoms with Gasteiger partial charge in [-0.2, -0.15) is 0 Å². The fourth-order valence-corrected chi connectivity index (χ4v) is 2.13. The molecule has 0 bridgehead atoms. The van der Waals surface area contributed by atoms with E-state index in [-0.39, 0.29) is 5.91 Å². The van der Waals surface area contributed by atoms with E-state index in [0.29, 0.717) is 4.99 Å². The van der Waals surface area contributed by atoms with Crippen molar-refractivity contribution in [2.45, 2.75) is 26.2 Å². The third-order valence-electron chi connectivity index (χ3n) is 3.25. The molecule has 1 aromatic rings. The molecule has 3 nitrogen and oxygen atoms in total. The van der Waals surface area contributed by atoms with Crippen LogP contribution >= 0.6 is 12.2 Å². The molecule has 1 aliphatic carbocycles. The van der Waals surface area contributed by atoms with Crippen LogP contribution in [0.5, 0.6) is 0 Å². The predicted octanol–water partition coefficient (Wildman–Crippen LogP) is 2.25. The van der Waals surface area contributed by atoms with Gasteiger partial charge in [0.05, 0.1) is 10.4 Å². The molecule has 0 heterocycles. The Kier molecular flexibility index (Phi) is 3.15. The molecule has 0 radical (unpaired) electrons. The molecule has 17 heavy (non-hydrogen) atoms. The van der Waals surface area contributed by atoms with Crippen molar-refractivity contribution < 1.29 is 4.79 Å². The van der Waals surface area contributed by atoms with Crippen LogP contribution in [-0.4, -0.2) is 10.9 Å². The molecule has 1 aromatic carbocycles. The summed E-state index contributed by atoms with van der Waals surface area (Å²) in [5.41, 5.74) is 7.04. The summed E-state index contributed by atoms with van der Waals surface area (Å²) in [4.78, 5) is 12.4. The molecule has 0 spiro atoms. The Morgan fingerprint density at radius 3 is 2.76 bits per heavy atom. The van der Waals surface area contributed by atoms with Crippen LogP contribution in [0.25, 0.3) is 0 Å². The second-order valence-electron chi connectivity index (χ2n) is 4.45. The number of rotatable bonds is 4. The lowest BCUT2D eigenvalue weighted by Crippen LogP contribution is -2.35. The molecule has 4 heteroatoms. The maximum Gasteiger partial charge on any atom is 0.237 e. The minimum Gasteiger partial charge on any atom is -0.392 e. The van der Waals surface area contributed by atoms with Crippen LogP contribution in [-0.2, 0) is 11.2 Å². The Balaban J connectivity index is 2.11. The van der Waals surface area contributed by atoms with Gasteiger partial charge in [-0.1, -0.05) is 31.3 Å². The molecule has 1 fully saturated rings. The quantitative estimate of drug-likeness (QED) is 0.804. The molecule has 0 saturated heterocycles. The molecule has 0 unspecified atom stereocenters. The van der Waals surface area contributed by atoms with Crippen LogP contribution in [0, 0.1) is 5.41 Å². The highest BCUT2D eigenvalue weighted by Gasteiger charge is 2.52. The molecule has 1 saturated carbocycles. The van der Waals surface area contributed by atoms with Gasteiger partial charge in [-0.15, -0.1) is 0 Å². The van der Waals surface area contributed by atoms with Gasteiger partial charge in [0.15, 0.2) is 0 Å². The first kappa shape index (κ1) is 12.0. The normalized spacial score (nSPS) is 16.3. The first-order valence-corrected chi connectivity index (χ1v) is 6.19. The molecule has 90 valence electrons. The van der Waals surface area contributed by atoms with Gasteiger partial charge in [-0.05, 0) is 37.0 Å². The molecule has 0 aliphatic heterocycles. The zero-order valence-corrected chi connectivity index (χ0v) is 10.6. The van der Waals surface area contributed by atoms with Crippen LogP contribution in [0.1, 0.15) is 25.3 Å². The lowest BCUT2D eigenvalue weighted by Gasteiger charge is -2.14. The van der Waals surface area contributed by atoms with E-state index < -0.39 is 5.41 Å². The highest BCUT2D eigenvalue weighted by atomic mass is 32.1. The number of nitrogens with one attached hydrogen (secondary N) is 1. The number of thiocarbonyl (C=S) groups is 1. The van der Waals surface area contributed by atoms with Crippen LogP contribution in [0.15, 0.2) is 24.3 Å². The molecule has 0 aromatic heterocycles. The molecule has 3 N–H and O–H groups in total. The second-order valence-corrected chi connectivity index (χ2v) is 4.89. The van der Waals surface area contributed by atoms with Crippen molar-refractivity contribution >= 4 is 28.8 Å². The number of carbonyl (C=O) groups excluding carboxylic acids is 1. The molecule has 1 amide bonds. The Morgan fingerprint density at radius 1 is 1.53 bits per heavy atom. The summed E-state index contributed by atoms with van der Waals surface area (Å²) in [6, 6.07) is 7.84. The van der Waals surface area contributed by atoms with Gasteiger partial charge in [-0.25, -0.2) is 0 Å². The third-order valence-corrected chi connectivity index (χ3v) is 3.64. The van der Waals surface area contributed by atoms with Crippen molar-refractivity contribution in [3.8, 4) is 0 Å². The second kappa shape index (κ2) is 4.45. The van der Waals surface area contributed by atoms with Gasteiger partial charge < -0.3 is 11.1 Å². The first-order chi connectivity index (χ1) is 8.08. The standard InChI is InChI=1S/C13H16N2OS/c1-2-9-4-3-5-10(8-9)15-12(16)13(6-7-13)11(14)17/h3-5,8H,2,6-7H2,1H3,(H2,14,17)(H,15,16). The van der Waals surface area contributed by atoms with Crippen molar-refractivity contribution in [3.05, 3.63) is 29.8 Å². The molecule has 2 rings (SSSR count). The smallest absolute Gasteiger partial charge is 0.237 e. The number of anilines is 1. The summed E-state index contributed by atoms with van der Waals surface area (Å²) in [7, 11) is 0. The molecule has 0 atom stereocenters. The van der Waals surface area contributed by atoms with Gasteiger partial charge in [0.25, 0.3) is 0 Å². The Hall–Kier alpha value is -1.42. The molecular formula is C13H16N2OS. The number of hydrogen-bond donors (Lipinski definition) is 2. The van der Waals surface area contributed by atoms with Crippen LogP contribution in [0.4, 0.5) is 5.69 Å². The fourth-order valence-electron chi connectivity index (χ4n) is 1.83. The highest BCUT2D eigenvalue weighted by Crippen LogP contribution is 2.46. The van der Waals surface area contributed by atoms with E-state index in [0.717, 1.165) is 24.9 Å². The van der Waals surface area contributed by atoms with E-state index in [1.165, 1.54) is 5.56 Å². The van der Waals surface area contributed by atoms with Gasteiger partial charge >= 0.3 is 0 Å². The number of nitrogens with two attached hydrogens (primary N) is 1. The number of hydrogen-bond acceptors (Lipinski definition) is 2. The molecule has 1 aliphatic rings. The summed E-state index contributed by atoms with van der Waals surface area (Å²) < 4.78 is 0. The molecular weight excluding hydrogens is 232 g/mol. The van der Waals surface area contributed by atoms with Crippen LogP contribution in [0.2, 0.25) is 0 Å². The van der Waals surface area contributed by atoms with E-state index in [4.69, 9.17) is 18.0 Å². The van der Waals surface area contributed by atoms with Crippen LogP contribution in [0.3, 0.4) is 0 Å². The van der Waals surface area contributed by atoms with Gasteiger partial charge in [0.2, 0.25) is 5.91 Å². The first-order valence-electron chi connectivity index (χ1n) is 5.79. The van der Waals surface area contributed by atoms with Crippen molar-refractivity contribution in [1.82, 2.24) is 0 Å². The van der Waals surface area contributed by atoms with Gasteiger partial charge in [-0.3, -0.25) is 4.79 Å². The van der Waals surface area contributed by atoms with Crippen LogP contribution < -0.4 is 11.1 Å². The lowest BCUT2D eigenvalue weighted by molar-refractivity contribution is -0.118. The Bertz CT molecular complexity index is 466. The van der Waals surface area contributed by atoms with E-state index in [1.54, 1.807) is 0 Å². The van der Waals surface area contributed by atoms with E-state index in [1.807, 2.05) is 24.3 Å². The van der Waals surface area contributed by atoms with Crippen molar-refractivity contribution in [2.24, 2.45) is 11.1 Å². The van der Waals surface area contributed by atoms with E-state index in [2.05, 4.69) is 12.2 Å². The average Bonchev–Trinajstić information content (AvgIpc) is 3.10. The maximum absolute atomic E-state index is 12.1. The summed E-state index contributed by atoms with van der Waals surface area (Å²) >= 11 is 4.95. The minimum absolute atomic E-state index is 0.0711. The Morgan fingerprint density at radius 2 is 2.24 bits per heavy atom. The van der Waals surface area contributed by atoms with E-state index >= 15 is 0 Å². The number of amides is 1. The average molecular weight is 248 g/mol. The SMILES string of the molecule is CCc1cccc(NC(=O)C2(C(N)=S)CC2)c1.